The van der Waals surface area contributed by atoms with E-state index in [9.17, 15) is 9.59 Å². The number of ether oxygens (including phenoxy) is 2. The molecule has 0 fully saturated rings. The smallest absolute Gasteiger partial charge is 0.343 e. The Kier molecular flexibility index (Phi) is 8.03. The minimum Gasteiger partial charge on any atom is -0.481 e. The molecule has 0 saturated carbocycles. The molecule has 1 atom stereocenters. The molecule has 0 heterocycles. The number of rotatable bonds is 7. The molecule has 6 nitrogen and oxygen atoms in total. The molecule has 1 amide bonds. The molecule has 0 saturated heterocycles. The second kappa shape index (κ2) is 10.9. The molecule has 3 rings (SSSR count). The summed E-state index contributed by atoms with van der Waals surface area (Å²) in [6.45, 7) is 3.43. The first kappa shape index (κ1) is 23.5. The Bertz CT molecular complexity index is 1170. The summed E-state index contributed by atoms with van der Waals surface area (Å²) in [6.07, 6.45) is 0.598. The standard InChI is InChI=1S/C24H20BrClN2O4/c1-15-6-3-4-9-21(15)24(30)32-22-11-10-18(25)12-17(22)14-27-28-23(29)16(2)31-20-8-5-7-19(26)13-20/h3-14,16H,1-2H3,(H,28,29)/b27-14-/t16-/m1/s1. The number of carbonyl (C=O) groups excluding carboxylic acids is 2. The van der Waals surface area contributed by atoms with Gasteiger partial charge >= 0.3 is 5.97 Å². The van der Waals surface area contributed by atoms with Crippen molar-refractivity contribution in [3.05, 3.63) is 92.9 Å². The molecule has 0 aliphatic carbocycles. The van der Waals surface area contributed by atoms with Crippen LogP contribution in [0.4, 0.5) is 0 Å². The molecular weight excluding hydrogens is 496 g/mol. The van der Waals surface area contributed by atoms with Gasteiger partial charge in [-0.3, -0.25) is 4.79 Å². The molecule has 0 radical (unpaired) electrons. The fourth-order valence-electron chi connectivity index (χ4n) is 2.72. The SMILES string of the molecule is Cc1ccccc1C(=O)Oc1ccc(Br)cc1/C=N\NC(=O)[C@@H](C)Oc1cccc(Cl)c1. The summed E-state index contributed by atoms with van der Waals surface area (Å²) in [5.41, 5.74) is 4.21. The van der Waals surface area contributed by atoms with E-state index in [4.69, 9.17) is 21.1 Å². The summed E-state index contributed by atoms with van der Waals surface area (Å²) in [6, 6.07) is 19.0. The minimum absolute atomic E-state index is 0.308. The van der Waals surface area contributed by atoms with Gasteiger partial charge in [0, 0.05) is 15.1 Å². The number of hydrogen-bond donors (Lipinski definition) is 1. The maximum Gasteiger partial charge on any atom is 0.343 e. The van der Waals surface area contributed by atoms with Gasteiger partial charge in [-0.25, -0.2) is 10.2 Å². The van der Waals surface area contributed by atoms with E-state index in [0.717, 1.165) is 10.0 Å². The van der Waals surface area contributed by atoms with Gasteiger partial charge in [-0.1, -0.05) is 51.8 Å². The van der Waals surface area contributed by atoms with Crippen LogP contribution in [0.1, 0.15) is 28.4 Å². The third-order valence-corrected chi connectivity index (χ3v) is 5.12. The van der Waals surface area contributed by atoms with Crippen LogP contribution in [0, 0.1) is 6.92 Å². The fourth-order valence-corrected chi connectivity index (χ4v) is 3.28. The topological polar surface area (TPSA) is 77.0 Å². The second-order valence-electron chi connectivity index (χ2n) is 6.84. The van der Waals surface area contributed by atoms with Crippen LogP contribution < -0.4 is 14.9 Å². The van der Waals surface area contributed by atoms with E-state index in [1.807, 2.05) is 19.1 Å². The minimum atomic E-state index is -0.800. The Labute approximate surface area is 199 Å². The summed E-state index contributed by atoms with van der Waals surface area (Å²) in [5, 5.41) is 4.49. The Balaban J connectivity index is 1.67. The number of esters is 1. The van der Waals surface area contributed by atoms with Gasteiger partial charge in [0.2, 0.25) is 0 Å². The lowest BCUT2D eigenvalue weighted by Crippen LogP contribution is -2.33. The normalized spacial score (nSPS) is 11.8. The van der Waals surface area contributed by atoms with Gasteiger partial charge in [0.1, 0.15) is 11.5 Å². The van der Waals surface area contributed by atoms with E-state index in [1.54, 1.807) is 61.5 Å². The van der Waals surface area contributed by atoms with Crippen molar-refractivity contribution < 1.29 is 19.1 Å². The molecule has 0 unspecified atom stereocenters. The first-order valence-electron chi connectivity index (χ1n) is 9.66. The van der Waals surface area contributed by atoms with Crippen LogP contribution in [0.2, 0.25) is 5.02 Å². The molecule has 0 aliphatic heterocycles. The van der Waals surface area contributed by atoms with Gasteiger partial charge in [-0.2, -0.15) is 5.10 Å². The predicted molar refractivity (Wildman–Crippen MR) is 128 cm³/mol. The highest BCUT2D eigenvalue weighted by atomic mass is 79.9. The monoisotopic (exact) mass is 514 g/mol. The lowest BCUT2D eigenvalue weighted by molar-refractivity contribution is -0.127. The Morgan fingerprint density at radius 1 is 1.09 bits per heavy atom. The van der Waals surface area contributed by atoms with Gasteiger partial charge in [0.25, 0.3) is 5.91 Å². The largest absolute Gasteiger partial charge is 0.481 e. The summed E-state index contributed by atoms with van der Waals surface area (Å²) in [4.78, 5) is 24.9. The zero-order valence-electron chi connectivity index (χ0n) is 17.3. The summed E-state index contributed by atoms with van der Waals surface area (Å²) in [5.74, 6) is -0.147. The maximum absolute atomic E-state index is 12.6. The van der Waals surface area contributed by atoms with Gasteiger partial charge in [0.05, 0.1) is 11.8 Å². The molecule has 0 aliphatic rings. The van der Waals surface area contributed by atoms with Crippen LogP contribution in [-0.4, -0.2) is 24.2 Å². The number of benzene rings is 3. The number of nitrogens with one attached hydrogen (secondary N) is 1. The molecule has 0 spiro atoms. The van der Waals surface area contributed by atoms with Crippen molar-refractivity contribution in [1.29, 1.82) is 0 Å². The van der Waals surface area contributed by atoms with Crippen LogP contribution in [0.5, 0.6) is 11.5 Å². The van der Waals surface area contributed by atoms with E-state index >= 15 is 0 Å². The van der Waals surface area contributed by atoms with Gasteiger partial charge in [-0.15, -0.1) is 0 Å². The van der Waals surface area contributed by atoms with E-state index in [0.29, 0.717) is 27.6 Å². The predicted octanol–water partition coefficient (Wildman–Crippen LogP) is 5.55. The number of hydrogen-bond acceptors (Lipinski definition) is 5. The zero-order valence-corrected chi connectivity index (χ0v) is 19.7. The second-order valence-corrected chi connectivity index (χ2v) is 8.19. The highest BCUT2D eigenvalue weighted by Crippen LogP contribution is 2.23. The first-order valence-corrected chi connectivity index (χ1v) is 10.8. The Hall–Kier alpha value is -3.16. The van der Waals surface area contributed by atoms with Crippen molar-refractivity contribution in [2.75, 3.05) is 0 Å². The van der Waals surface area contributed by atoms with Crippen molar-refractivity contribution in [2.45, 2.75) is 20.0 Å². The van der Waals surface area contributed by atoms with Gasteiger partial charge in [-0.05, 0) is 61.9 Å². The molecule has 3 aromatic rings. The summed E-state index contributed by atoms with van der Waals surface area (Å²) in [7, 11) is 0. The van der Waals surface area contributed by atoms with Crippen LogP contribution in [0.3, 0.4) is 0 Å². The summed E-state index contributed by atoms with van der Waals surface area (Å²) < 4.78 is 11.9. The number of aryl methyl sites for hydroxylation is 1. The average molecular weight is 516 g/mol. The Morgan fingerprint density at radius 2 is 1.88 bits per heavy atom. The van der Waals surface area contributed by atoms with E-state index < -0.39 is 18.0 Å². The molecule has 0 bridgehead atoms. The number of carbonyl (C=O) groups is 2. The third kappa shape index (κ3) is 6.42. The highest BCUT2D eigenvalue weighted by molar-refractivity contribution is 9.10. The van der Waals surface area contributed by atoms with Crippen molar-refractivity contribution >= 4 is 45.6 Å². The van der Waals surface area contributed by atoms with Crippen LogP contribution in [0.15, 0.2) is 76.3 Å². The molecule has 32 heavy (non-hydrogen) atoms. The molecule has 164 valence electrons. The number of amides is 1. The van der Waals surface area contributed by atoms with E-state index in [1.165, 1.54) is 6.21 Å². The molecular formula is C24H20BrClN2O4. The van der Waals surface area contributed by atoms with Crippen LogP contribution >= 0.6 is 27.5 Å². The lowest BCUT2D eigenvalue weighted by Gasteiger charge is -2.13. The van der Waals surface area contributed by atoms with Crippen molar-refractivity contribution in [2.24, 2.45) is 5.10 Å². The van der Waals surface area contributed by atoms with E-state index in [2.05, 4.69) is 26.5 Å². The zero-order chi connectivity index (χ0) is 23.1. The first-order chi connectivity index (χ1) is 15.3. The van der Waals surface area contributed by atoms with Crippen LogP contribution in [0.25, 0.3) is 0 Å². The van der Waals surface area contributed by atoms with Crippen molar-refractivity contribution in [3.8, 4) is 11.5 Å². The van der Waals surface area contributed by atoms with E-state index in [-0.39, 0.29) is 0 Å². The van der Waals surface area contributed by atoms with Gasteiger partial charge in [0.15, 0.2) is 6.10 Å². The van der Waals surface area contributed by atoms with Crippen molar-refractivity contribution in [1.82, 2.24) is 5.43 Å². The molecule has 3 aromatic carbocycles. The number of nitrogens with zero attached hydrogens (tertiary/aromatic N) is 1. The Morgan fingerprint density at radius 3 is 2.62 bits per heavy atom. The lowest BCUT2D eigenvalue weighted by atomic mass is 10.1. The molecule has 8 heteroatoms. The third-order valence-electron chi connectivity index (χ3n) is 4.40. The van der Waals surface area contributed by atoms with Gasteiger partial charge < -0.3 is 9.47 Å². The van der Waals surface area contributed by atoms with Crippen LogP contribution in [-0.2, 0) is 4.79 Å². The fraction of sp³-hybridized carbons (Fsp3) is 0.125. The highest BCUT2D eigenvalue weighted by Gasteiger charge is 2.15. The average Bonchev–Trinajstić information content (AvgIpc) is 2.75. The number of hydrazone groups is 1. The van der Waals surface area contributed by atoms with Crippen molar-refractivity contribution in [3.63, 3.8) is 0 Å². The number of halogens is 2. The molecule has 0 aromatic heterocycles. The molecule has 1 N–H and O–H groups in total. The summed E-state index contributed by atoms with van der Waals surface area (Å²) >= 11 is 9.31. The maximum atomic E-state index is 12.6. The quantitative estimate of drug-likeness (QED) is 0.194.